The van der Waals surface area contributed by atoms with Gasteiger partial charge in [-0.1, -0.05) is 37.2 Å². The van der Waals surface area contributed by atoms with Gasteiger partial charge in [0.2, 0.25) is 5.91 Å². The second-order valence-corrected chi connectivity index (χ2v) is 7.36. The number of imidazole rings is 1. The minimum Gasteiger partial charge on any atom is -0.497 e. The smallest absolute Gasteiger partial charge is 0.234 e. The first-order valence-corrected chi connectivity index (χ1v) is 10.4. The van der Waals surface area contributed by atoms with Crippen molar-refractivity contribution in [2.75, 3.05) is 18.2 Å². The number of carbonyl (C=O) groups excluding carboxylic acids is 1. The van der Waals surface area contributed by atoms with Crippen molar-refractivity contribution >= 4 is 23.4 Å². The van der Waals surface area contributed by atoms with E-state index in [2.05, 4.69) is 29.4 Å². The summed E-state index contributed by atoms with van der Waals surface area (Å²) in [5, 5.41) is 3.72. The Morgan fingerprint density at radius 3 is 2.57 bits per heavy atom. The predicted molar refractivity (Wildman–Crippen MR) is 115 cm³/mol. The third-order valence-corrected chi connectivity index (χ3v) is 5.31. The molecule has 0 bridgehead atoms. The maximum atomic E-state index is 12.3. The van der Waals surface area contributed by atoms with Gasteiger partial charge in [-0.2, -0.15) is 0 Å². The molecular weight excluding hydrogens is 370 g/mol. The molecule has 1 amide bonds. The minimum atomic E-state index is -0.0458. The molecule has 6 heteroatoms. The van der Waals surface area contributed by atoms with Crippen LogP contribution in [0.25, 0.3) is 5.69 Å². The molecule has 5 nitrogen and oxygen atoms in total. The molecule has 0 saturated carbocycles. The van der Waals surface area contributed by atoms with Crippen molar-refractivity contribution in [3.8, 4) is 11.4 Å². The van der Waals surface area contributed by atoms with Gasteiger partial charge >= 0.3 is 0 Å². The quantitative estimate of drug-likeness (QED) is 0.521. The Hall–Kier alpha value is -2.73. The number of aromatic nitrogens is 2. The lowest BCUT2D eigenvalue weighted by atomic mass is 10.1. The van der Waals surface area contributed by atoms with Crippen molar-refractivity contribution in [2.24, 2.45) is 0 Å². The van der Waals surface area contributed by atoms with Crippen LogP contribution in [0.2, 0.25) is 0 Å². The van der Waals surface area contributed by atoms with E-state index in [0.717, 1.165) is 28.7 Å². The van der Waals surface area contributed by atoms with Gasteiger partial charge in [0.1, 0.15) is 5.75 Å². The van der Waals surface area contributed by atoms with Crippen molar-refractivity contribution in [3.63, 3.8) is 0 Å². The Kier molecular flexibility index (Phi) is 7.14. The fourth-order valence-corrected chi connectivity index (χ4v) is 3.57. The van der Waals surface area contributed by atoms with E-state index >= 15 is 0 Å². The number of rotatable bonds is 9. The lowest BCUT2D eigenvalue weighted by molar-refractivity contribution is -0.113. The van der Waals surface area contributed by atoms with Crippen molar-refractivity contribution in [3.05, 3.63) is 66.5 Å². The average molecular weight is 396 g/mol. The molecule has 0 atom stereocenters. The Labute approximate surface area is 170 Å². The van der Waals surface area contributed by atoms with E-state index in [1.807, 2.05) is 47.2 Å². The number of nitrogens with one attached hydrogen (secondary N) is 1. The van der Waals surface area contributed by atoms with Crippen LogP contribution in [0.3, 0.4) is 0 Å². The van der Waals surface area contributed by atoms with Crippen LogP contribution in [0.15, 0.2) is 66.1 Å². The third kappa shape index (κ3) is 5.39. The van der Waals surface area contributed by atoms with E-state index in [1.54, 1.807) is 13.3 Å². The molecule has 3 aromatic rings. The molecule has 146 valence electrons. The number of methoxy groups -OCH3 is 1. The highest BCUT2D eigenvalue weighted by atomic mass is 32.2. The number of benzene rings is 2. The zero-order chi connectivity index (χ0) is 19.8. The first-order valence-electron chi connectivity index (χ1n) is 9.39. The van der Waals surface area contributed by atoms with Crippen LogP contribution >= 0.6 is 11.8 Å². The highest BCUT2D eigenvalue weighted by molar-refractivity contribution is 7.99. The molecule has 28 heavy (non-hydrogen) atoms. The fourth-order valence-electron chi connectivity index (χ4n) is 2.80. The van der Waals surface area contributed by atoms with Gasteiger partial charge < -0.3 is 10.1 Å². The van der Waals surface area contributed by atoms with Gasteiger partial charge in [-0.25, -0.2) is 4.98 Å². The molecule has 0 radical (unpaired) electrons. The largest absolute Gasteiger partial charge is 0.497 e. The molecule has 1 heterocycles. The third-order valence-electron chi connectivity index (χ3n) is 4.35. The number of unbranched alkanes of at least 4 members (excludes halogenated alkanes) is 1. The Morgan fingerprint density at radius 2 is 1.89 bits per heavy atom. The van der Waals surface area contributed by atoms with Crippen LogP contribution in [0, 0.1) is 0 Å². The van der Waals surface area contributed by atoms with Crippen LogP contribution < -0.4 is 10.1 Å². The zero-order valence-electron chi connectivity index (χ0n) is 16.2. The minimum absolute atomic E-state index is 0.0458. The van der Waals surface area contributed by atoms with Crippen molar-refractivity contribution < 1.29 is 9.53 Å². The molecule has 0 saturated heterocycles. The summed E-state index contributed by atoms with van der Waals surface area (Å²) in [7, 11) is 1.64. The molecule has 0 fully saturated rings. The number of anilines is 1. The van der Waals surface area contributed by atoms with E-state index in [0.29, 0.717) is 5.75 Å². The lowest BCUT2D eigenvalue weighted by Gasteiger charge is -2.09. The number of amides is 1. The van der Waals surface area contributed by atoms with Crippen LogP contribution in [0.5, 0.6) is 5.75 Å². The average Bonchev–Trinajstić information content (AvgIpc) is 3.20. The second kappa shape index (κ2) is 9.99. The molecule has 0 aliphatic rings. The fraction of sp³-hybridized carbons (Fsp3) is 0.273. The van der Waals surface area contributed by atoms with Crippen LogP contribution in [-0.4, -0.2) is 28.3 Å². The zero-order valence-corrected chi connectivity index (χ0v) is 17.0. The van der Waals surface area contributed by atoms with Crippen molar-refractivity contribution in [1.82, 2.24) is 9.55 Å². The van der Waals surface area contributed by atoms with E-state index in [4.69, 9.17) is 4.74 Å². The van der Waals surface area contributed by atoms with Crippen LogP contribution in [0.4, 0.5) is 5.69 Å². The predicted octanol–water partition coefficient (Wildman–Crippen LogP) is 4.95. The summed E-state index contributed by atoms with van der Waals surface area (Å²) in [4.78, 5) is 16.7. The van der Waals surface area contributed by atoms with Gasteiger partial charge in [-0.05, 0) is 54.8 Å². The highest BCUT2D eigenvalue weighted by Crippen LogP contribution is 2.22. The number of aryl methyl sites for hydroxylation is 1. The molecule has 0 aliphatic heterocycles. The van der Waals surface area contributed by atoms with E-state index in [-0.39, 0.29) is 5.91 Å². The number of ether oxygens (including phenoxy) is 1. The standard InChI is InChI=1S/C22H25N3O2S/c1-3-4-5-17-6-8-18(9-7-17)24-21(26)16-28-22-23-14-15-25(22)19-10-12-20(27-2)13-11-19/h6-15H,3-5,16H2,1-2H3,(H,24,26). The van der Waals surface area contributed by atoms with E-state index in [9.17, 15) is 4.79 Å². The monoisotopic (exact) mass is 395 g/mol. The van der Waals surface area contributed by atoms with Gasteiger partial charge in [0.05, 0.1) is 12.9 Å². The summed E-state index contributed by atoms with van der Waals surface area (Å²) in [5.74, 6) is 1.05. The summed E-state index contributed by atoms with van der Waals surface area (Å²) >= 11 is 1.41. The first kappa shape index (κ1) is 20.0. The summed E-state index contributed by atoms with van der Waals surface area (Å²) in [6.45, 7) is 2.19. The van der Waals surface area contributed by atoms with Gasteiger partial charge in [0, 0.05) is 23.8 Å². The Bertz CT molecular complexity index is 889. The number of hydrogen-bond donors (Lipinski definition) is 1. The maximum Gasteiger partial charge on any atom is 0.234 e. The second-order valence-electron chi connectivity index (χ2n) is 6.42. The number of hydrogen-bond acceptors (Lipinski definition) is 4. The van der Waals surface area contributed by atoms with E-state index < -0.39 is 0 Å². The van der Waals surface area contributed by atoms with Crippen molar-refractivity contribution in [2.45, 2.75) is 31.3 Å². The summed E-state index contributed by atoms with van der Waals surface area (Å²) in [6.07, 6.45) is 7.07. The van der Waals surface area contributed by atoms with Gasteiger partial charge in [-0.15, -0.1) is 0 Å². The van der Waals surface area contributed by atoms with Gasteiger partial charge in [-0.3, -0.25) is 9.36 Å². The molecule has 0 aliphatic carbocycles. The van der Waals surface area contributed by atoms with E-state index in [1.165, 1.54) is 30.2 Å². The van der Waals surface area contributed by atoms with Crippen LogP contribution in [0.1, 0.15) is 25.3 Å². The number of carbonyl (C=O) groups is 1. The van der Waals surface area contributed by atoms with Crippen LogP contribution in [-0.2, 0) is 11.2 Å². The normalized spacial score (nSPS) is 10.6. The Morgan fingerprint density at radius 1 is 1.14 bits per heavy atom. The SMILES string of the molecule is CCCCc1ccc(NC(=O)CSc2nccn2-c2ccc(OC)cc2)cc1. The number of thioether (sulfide) groups is 1. The summed E-state index contributed by atoms with van der Waals surface area (Å²) in [5.41, 5.74) is 3.10. The molecule has 1 N–H and O–H groups in total. The van der Waals surface area contributed by atoms with Gasteiger partial charge in [0.25, 0.3) is 0 Å². The molecular formula is C22H25N3O2S. The summed E-state index contributed by atoms with van der Waals surface area (Å²) < 4.78 is 7.15. The number of nitrogens with zero attached hydrogens (tertiary/aromatic N) is 2. The molecule has 0 unspecified atom stereocenters. The topological polar surface area (TPSA) is 56.2 Å². The first-order chi connectivity index (χ1) is 13.7. The molecule has 2 aromatic carbocycles. The molecule has 0 spiro atoms. The van der Waals surface area contributed by atoms with Crippen molar-refractivity contribution in [1.29, 1.82) is 0 Å². The molecule has 3 rings (SSSR count). The summed E-state index contributed by atoms with van der Waals surface area (Å²) in [6, 6.07) is 15.8. The Balaban J connectivity index is 1.55. The molecule has 1 aromatic heterocycles. The lowest BCUT2D eigenvalue weighted by Crippen LogP contribution is -2.14. The van der Waals surface area contributed by atoms with Gasteiger partial charge in [0.15, 0.2) is 5.16 Å². The maximum absolute atomic E-state index is 12.3. The highest BCUT2D eigenvalue weighted by Gasteiger charge is 2.10.